The van der Waals surface area contributed by atoms with Gasteiger partial charge in [0.25, 0.3) is 0 Å². The highest BCUT2D eigenvalue weighted by Gasteiger charge is 2.35. The normalized spacial score (nSPS) is 14.2. The second-order valence-electron chi connectivity index (χ2n) is 16.6. The zero-order chi connectivity index (χ0) is 49.6. The number of carboxylic acid groups (broad SMARTS) is 1. The van der Waals surface area contributed by atoms with Crippen LogP contribution in [0.15, 0.2) is 70.8 Å². The second kappa shape index (κ2) is 27.3. The van der Waals surface area contributed by atoms with E-state index in [4.69, 9.17) is 28.7 Å². The molecule has 3 rings (SSSR count). The van der Waals surface area contributed by atoms with Crippen LogP contribution in [0.3, 0.4) is 0 Å². The molecular weight excluding hydrogens is 865 g/mol. The van der Waals surface area contributed by atoms with Gasteiger partial charge in [0.15, 0.2) is 11.9 Å². The minimum atomic E-state index is -1.31. The van der Waals surface area contributed by atoms with Crippen molar-refractivity contribution in [2.45, 2.75) is 109 Å². The fourth-order valence-corrected chi connectivity index (χ4v) is 7.12. The number of nitrogens with zero attached hydrogens (tertiary/aromatic N) is 2. The number of hydrogen-bond donors (Lipinski definition) is 13. The summed E-state index contributed by atoms with van der Waals surface area (Å²) in [7, 11) is 0. The maximum absolute atomic E-state index is 14.5. The van der Waals surface area contributed by atoms with Gasteiger partial charge in [-0.15, -0.1) is 0 Å². The Bertz CT molecular complexity index is 2190. The van der Waals surface area contributed by atoms with Crippen molar-refractivity contribution in [1.29, 1.82) is 0 Å². The van der Waals surface area contributed by atoms with E-state index in [9.17, 15) is 38.7 Å². The van der Waals surface area contributed by atoms with Gasteiger partial charge in [0.05, 0.1) is 6.54 Å². The van der Waals surface area contributed by atoms with E-state index in [2.05, 4.69) is 46.9 Å². The third kappa shape index (κ3) is 17.9. The van der Waals surface area contributed by atoms with Gasteiger partial charge in [-0.2, -0.15) is 0 Å². The molecule has 0 radical (unpaired) electrons. The molecule has 0 bridgehead atoms. The van der Waals surface area contributed by atoms with E-state index < -0.39 is 96.0 Å². The largest absolute Gasteiger partial charge is 0.480 e. The van der Waals surface area contributed by atoms with Crippen LogP contribution in [0.4, 0.5) is 0 Å². The molecule has 1 heterocycles. The van der Waals surface area contributed by atoms with Crippen molar-refractivity contribution in [3.05, 3.63) is 71.9 Å². The number of nitrogens with one attached hydrogen (secondary N) is 7. The van der Waals surface area contributed by atoms with Gasteiger partial charge >= 0.3 is 5.97 Å². The first-order valence-electron chi connectivity index (χ1n) is 22.3. The van der Waals surface area contributed by atoms with Crippen LogP contribution in [0.5, 0.6) is 0 Å². The van der Waals surface area contributed by atoms with E-state index in [-0.39, 0.29) is 63.5 Å². The Balaban J connectivity index is 1.96. The van der Waals surface area contributed by atoms with Crippen LogP contribution in [-0.2, 0) is 46.4 Å². The number of guanidine groups is 2. The van der Waals surface area contributed by atoms with Gasteiger partial charge in [-0.1, -0.05) is 82.6 Å². The molecule has 0 aliphatic heterocycles. The summed E-state index contributed by atoms with van der Waals surface area (Å²) in [5.41, 5.74) is 29.8. The second-order valence-corrected chi connectivity index (χ2v) is 16.6. The molecule has 7 atom stereocenters. The number of amides is 6. The lowest BCUT2D eigenvalue weighted by atomic mass is 9.96. The number of para-hydroxylation sites is 1. The minimum Gasteiger partial charge on any atom is -0.480 e. The van der Waals surface area contributed by atoms with Gasteiger partial charge in [-0.05, 0) is 54.7 Å². The number of aromatic nitrogens is 1. The molecule has 366 valence electrons. The van der Waals surface area contributed by atoms with Crippen LogP contribution in [0, 0.1) is 11.8 Å². The van der Waals surface area contributed by atoms with E-state index in [0.717, 1.165) is 16.5 Å². The van der Waals surface area contributed by atoms with Crippen LogP contribution in [0.2, 0.25) is 0 Å². The van der Waals surface area contributed by atoms with Gasteiger partial charge in [0.1, 0.15) is 36.3 Å². The SMILES string of the molecule is CC[C@H](C)[C@H](NC(=O)[C@H](Cc1ccccc1)NC(=O)[C@H](CCCN=C(N)N)NC(=O)[C@H](Cc1c[nH]c2ccccc12)NC(=O)CN)C(=O)N[C@@H](CCCN=C(N)N)C(=O)N[C@H](C(=O)O)C(C)C. The summed E-state index contributed by atoms with van der Waals surface area (Å²) in [6.07, 6.45) is 2.59. The number of H-pyrrole nitrogens is 1. The van der Waals surface area contributed by atoms with Crippen molar-refractivity contribution in [3.63, 3.8) is 0 Å². The molecule has 0 saturated heterocycles. The molecule has 67 heavy (non-hydrogen) atoms. The molecule has 2 aromatic carbocycles. The van der Waals surface area contributed by atoms with Gasteiger partial charge in [0, 0.05) is 43.0 Å². The average molecular weight is 933 g/mol. The monoisotopic (exact) mass is 933 g/mol. The van der Waals surface area contributed by atoms with Crippen LogP contribution in [0.25, 0.3) is 10.9 Å². The van der Waals surface area contributed by atoms with Crippen LogP contribution in [-0.4, -0.2) is 119 Å². The zero-order valence-corrected chi connectivity index (χ0v) is 38.5. The van der Waals surface area contributed by atoms with Gasteiger partial charge in [-0.25, -0.2) is 4.79 Å². The molecule has 0 saturated carbocycles. The molecule has 0 unspecified atom stereocenters. The maximum Gasteiger partial charge on any atom is 0.326 e. The number of aliphatic imine (C=N–C) groups is 2. The quantitative estimate of drug-likeness (QED) is 0.0229. The number of fused-ring (bicyclic) bond motifs is 1. The molecule has 6 amide bonds. The molecule has 0 aliphatic carbocycles. The average Bonchev–Trinajstić information content (AvgIpc) is 3.70. The van der Waals surface area contributed by atoms with Crippen molar-refractivity contribution >= 4 is 64.2 Å². The highest BCUT2D eigenvalue weighted by molar-refractivity contribution is 5.97. The van der Waals surface area contributed by atoms with Crippen molar-refractivity contribution in [1.82, 2.24) is 36.9 Å². The predicted octanol–water partition coefficient (Wildman–Crippen LogP) is -1.29. The topological polar surface area (TPSA) is 383 Å². The highest BCUT2D eigenvalue weighted by Crippen LogP contribution is 2.20. The summed E-state index contributed by atoms with van der Waals surface area (Å²) in [6.45, 7) is 6.59. The standard InChI is InChI=1S/C45H68N14O8/c1-5-26(4)37(42(65)56-32(18-12-20-52-45(49)50)39(62)58-36(25(2)3)43(66)67)59-41(64)33(21-27-13-7-6-8-14-27)57-38(61)31(17-11-19-51-44(47)48)55-40(63)34(54-35(60)23-46)22-28-24-53-30-16-10-9-15-29(28)30/h6-10,13-16,24-26,31-34,36-37,53H,5,11-12,17-23,46H2,1-4H3,(H,54,60)(H,55,63)(H,56,65)(H,57,61)(H,58,62)(H,59,64)(H,66,67)(H4,47,48,51)(H4,49,50,52)/t26-,31-,32-,33-,34-,36-,37-/m0/s1. The number of carboxylic acids is 1. The Morgan fingerprint density at radius 1 is 0.627 bits per heavy atom. The number of aromatic amines is 1. The van der Waals surface area contributed by atoms with E-state index in [0.29, 0.717) is 12.0 Å². The first-order chi connectivity index (χ1) is 31.8. The number of rotatable bonds is 28. The summed E-state index contributed by atoms with van der Waals surface area (Å²) >= 11 is 0. The summed E-state index contributed by atoms with van der Waals surface area (Å²) in [5, 5.41) is 26.7. The van der Waals surface area contributed by atoms with Crippen molar-refractivity contribution < 1.29 is 38.7 Å². The summed E-state index contributed by atoms with van der Waals surface area (Å²) in [4.78, 5) is 106. The fraction of sp³-hybridized carbons (Fsp3) is 0.489. The van der Waals surface area contributed by atoms with E-state index >= 15 is 0 Å². The molecule has 0 fully saturated rings. The third-order valence-corrected chi connectivity index (χ3v) is 11.0. The smallest absolute Gasteiger partial charge is 0.326 e. The molecule has 0 aliphatic rings. The number of carbonyl (C=O) groups excluding carboxylic acids is 6. The van der Waals surface area contributed by atoms with E-state index in [1.54, 1.807) is 64.2 Å². The van der Waals surface area contributed by atoms with Crippen molar-refractivity contribution in [2.75, 3.05) is 19.6 Å². The van der Waals surface area contributed by atoms with Gasteiger partial charge in [0.2, 0.25) is 35.4 Å². The van der Waals surface area contributed by atoms with Crippen molar-refractivity contribution in [3.8, 4) is 0 Å². The summed E-state index contributed by atoms with van der Waals surface area (Å²) < 4.78 is 0. The Kier molecular flexibility index (Phi) is 22.0. The Morgan fingerprint density at radius 3 is 1.67 bits per heavy atom. The molecule has 1 aromatic heterocycles. The van der Waals surface area contributed by atoms with Crippen LogP contribution < -0.4 is 60.6 Å². The predicted molar refractivity (Wildman–Crippen MR) is 255 cm³/mol. The van der Waals surface area contributed by atoms with Gasteiger partial charge in [-0.3, -0.25) is 38.8 Å². The minimum absolute atomic E-state index is 0.00273. The molecule has 18 N–H and O–H groups in total. The number of hydrogen-bond acceptors (Lipinski definition) is 10. The van der Waals surface area contributed by atoms with E-state index in [1.807, 2.05) is 24.3 Å². The number of benzene rings is 2. The highest BCUT2D eigenvalue weighted by atomic mass is 16.4. The summed E-state index contributed by atoms with van der Waals surface area (Å²) in [6, 6.07) is 8.71. The molecule has 0 spiro atoms. The number of nitrogens with two attached hydrogens (primary N) is 5. The van der Waals surface area contributed by atoms with Crippen molar-refractivity contribution in [2.24, 2.45) is 50.5 Å². The Morgan fingerprint density at radius 2 is 1.12 bits per heavy atom. The summed E-state index contributed by atoms with van der Waals surface area (Å²) in [5.74, 6) is -6.93. The molecular formula is C45H68N14O8. The Labute approximate surface area is 389 Å². The molecule has 22 heteroatoms. The molecule has 3 aromatic rings. The molecule has 22 nitrogen and oxygen atoms in total. The third-order valence-electron chi connectivity index (χ3n) is 11.0. The lowest BCUT2D eigenvalue weighted by Crippen LogP contribution is -2.61. The first kappa shape index (κ1) is 54.1. The maximum atomic E-state index is 14.5. The zero-order valence-electron chi connectivity index (χ0n) is 38.5. The van der Waals surface area contributed by atoms with Gasteiger partial charge < -0.3 is 70.7 Å². The van der Waals surface area contributed by atoms with Crippen LogP contribution in [0.1, 0.15) is 70.9 Å². The van der Waals surface area contributed by atoms with E-state index in [1.165, 1.54) is 0 Å². The Hall–Kier alpha value is -7.23. The number of carbonyl (C=O) groups is 7. The lowest BCUT2D eigenvalue weighted by Gasteiger charge is -2.30. The number of aliphatic carboxylic acids is 1. The first-order valence-corrected chi connectivity index (χ1v) is 22.3. The lowest BCUT2D eigenvalue weighted by molar-refractivity contribution is -0.143. The van der Waals surface area contributed by atoms with Crippen LogP contribution >= 0.6 is 0 Å². The fourth-order valence-electron chi connectivity index (χ4n) is 7.12.